The van der Waals surface area contributed by atoms with Crippen LogP contribution in [0.3, 0.4) is 0 Å². The topological polar surface area (TPSA) is 111 Å². The van der Waals surface area contributed by atoms with E-state index in [2.05, 4.69) is 64.4 Å². The minimum absolute atomic E-state index is 0. The standard InChI is InChI=1S/C11H23NO2.C7H14O3.C5H13N.2C4H11N.12CH4/c1-4-9-12(2)11(13)8-6-5-7-10-14-3;1-10-6-4-2-3-5-7(8)9;1-4-5-6(2)3;2*1-3-4-5-2;;;;;;;;;;;;/h4-10H2,1-3H3;2-6H2,1H3,(H,8,9);4-5H2,1-3H3;2*5H,3-4H2,1-2H3;12*1H4. The Morgan fingerprint density at radius 2 is 0.981 bits per heavy atom. The molecule has 0 spiro atoms. The summed E-state index contributed by atoms with van der Waals surface area (Å²) in [6, 6.07) is 0. The zero-order valence-corrected chi connectivity index (χ0v) is 28.7. The third-order valence-corrected chi connectivity index (χ3v) is 5.20. The zero-order valence-electron chi connectivity index (χ0n) is 28.7. The van der Waals surface area contributed by atoms with Gasteiger partial charge in [0, 0.05) is 53.4 Å². The van der Waals surface area contributed by atoms with E-state index in [1.165, 1.54) is 32.4 Å². The van der Waals surface area contributed by atoms with Crippen LogP contribution in [0.2, 0.25) is 0 Å². The first-order valence-electron chi connectivity index (χ1n) is 15.6. The van der Waals surface area contributed by atoms with Gasteiger partial charge < -0.3 is 39.8 Å². The Morgan fingerprint density at radius 3 is 1.17 bits per heavy atom. The minimum atomic E-state index is -0.961. The Balaban J connectivity index is -0.0000000195. The predicted molar refractivity (Wildman–Crippen MR) is 250 cm³/mol. The summed E-state index contributed by atoms with van der Waals surface area (Å²) in [5, 5.41) is 15.1. The van der Waals surface area contributed by atoms with Crippen LogP contribution in [0.4, 0.5) is 0 Å². The van der Waals surface area contributed by atoms with E-state index in [0.29, 0.717) is 19.4 Å². The Hall–Kier alpha value is -1.26. The van der Waals surface area contributed by atoms with Crippen molar-refractivity contribution in [2.75, 3.05) is 88.9 Å². The van der Waals surface area contributed by atoms with Crippen LogP contribution in [0.1, 0.15) is 194 Å². The van der Waals surface area contributed by atoms with E-state index in [1.807, 2.05) is 19.0 Å². The van der Waals surface area contributed by atoms with E-state index in [1.54, 1.807) is 14.2 Å². The molecule has 342 valence electrons. The monoisotopic (exact) mass is 773 g/mol. The van der Waals surface area contributed by atoms with E-state index in [4.69, 9.17) is 9.47 Å². The molecule has 0 aromatic rings. The molecule has 0 aliphatic rings. The van der Waals surface area contributed by atoms with Crippen LogP contribution in [-0.2, 0) is 19.1 Å². The Bertz CT molecular complexity index is 449. The number of nitrogens with one attached hydrogen (secondary N) is 1. The lowest BCUT2D eigenvalue weighted by Gasteiger charge is -2.15. The summed E-state index contributed by atoms with van der Waals surface area (Å²) in [5.74, 6) is -0.693. The van der Waals surface area contributed by atoms with Crippen molar-refractivity contribution < 1.29 is 29.5 Å². The summed E-state index contributed by atoms with van der Waals surface area (Å²) < 4.78 is 9.73. The van der Waals surface area contributed by atoms with Crippen molar-refractivity contribution in [3.8, 4) is 0 Å². The van der Waals surface area contributed by atoms with Gasteiger partial charge in [-0.25, -0.2) is 0 Å². The molecular weight excluding hydrogens is 652 g/mol. The van der Waals surface area contributed by atoms with Gasteiger partial charge in [0.05, 0.1) is 13.6 Å². The number of carboxylic acid groups (broad SMARTS) is 1. The molecule has 0 atom stereocenters. The van der Waals surface area contributed by atoms with E-state index >= 15 is 0 Å². The van der Waals surface area contributed by atoms with Crippen LogP contribution in [0.5, 0.6) is 0 Å². The fourth-order valence-corrected chi connectivity index (χ4v) is 3.03. The quantitative estimate of drug-likeness (QED) is 0.119. The predicted octanol–water partition coefficient (Wildman–Crippen LogP) is 10.8. The van der Waals surface area contributed by atoms with Crippen LogP contribution in [0.15, 0.2) is 0 Å². The highest BCUT2D eigenvalue weighted by atomic mass is 16.5. The number of ether oxygens (including phenoxy) is 2. The molecular formula is C43H120N4O5. The first-order valence-corrected chi connectivity index (χ1v) is 15.6. The molecule has 0 radical (unpaired) electrons. The summed E-state index contributed by atoms with van der Waals surface area (Å²) in [6.07, 6.45) is 11.3. The van der Waals surface area contributed by atoms with Gasteiger partial charge in [-0.2, -0.15) is 0 Å². The Kier molecular flexibility index (Phi) is 234. The number of methoxy groups -OCH3 is 2. The van der Waals surface area contributed by atoms with Gasteiger partial charge in [0.1, 0.15) is 0 Å². The fourth-order valence-electron chi connectivity index (χ4n) is 3.03. The van der Waals surface area contributed by atoms with Gasteiger partial charge in [0.2, 0.25) is 5.91 Å². The summed E-state index contributed by atoms with van der Waals surface area (Å²) in [7, 11) is 13.4. The lowest BCUT2D eigenvalue weighted by atomic mass is 10.2. The maximum atomic E-state index is 11.5. The normalized spacial score (nSPS) is 7.38. The van der Waals surface area contributed by atoms with Crippen LogP contribution >= 0.6 is 0 Å². The second-order valence-corrected chi connectivity index (χ2v) is 9.90. The molecule has 9 nitrogen and oxygen atoms in total. The number of carbonyl (C=O) groups excluding carboxylic acids is 2. The van der Waals surface area contributed by atoms with Gasteiger partial charge in [-0.3, -0.25) is 4.79 Å². The Labute approximate surface area is 338 Å². The molecule has 0 rings (SSSR count). The second-order valence-electron chi connectivity index (χ2n) is 9.90. The third-order valence-electron chi connectivity index (χ3n) is 5.20. The van der Waals surface area contributed by atoms with Crippen molar-refractivity contribution >= 4 is 11.9 Å². The van der Waals surface area contributed by atoms with Gasteiger partial charge in [0.15, 0.2) is 0 Å². The number of nitrogens with two attached hydrogens (primary N) is 1. The number of carboxylic acids is 1. The maximum absolute atomic E-state index is 11.5. The van der Waals surface area contributed by atoms with Crippen LogP contribution in [0, 0.1) is 0 Å². The molecule has 0 heterocycles. The van der Waals surface area contributed by atoms with Gasteiger partial charge in [-0.1, -0.05) is 130 Å². The molecule has 9 heteroatoms. The molecule has 0 saturated heterocycles. The van der Waals surface area contributed by atoms with Crippen molar-refractivity contribution in [1.82, 2.24) is 15.1 Å². The second kappa shape index (κ2) is 110. The van der Waals surface area contributed by atoms with E-state index < -0.39 is 5.97 Å². The van der Waals surface area contributed by atoms with E-state index in [-0.39, 0.29) is 101 Å². The number of hydrogen-bond acceptors (Lipinski definition) is 7. The molecule has 52 heavy (non-hydrogen) atoms. The molecule has 1 amide bonds. The Morgan fingerprint density at radius 1 is 0.596 bits per heavy atom. The first kappa shape index (κ1) is 110. The summed E-state index contributed by atoms with van der Waals surface area (Å²) >= 11 is 0. The number of aliphatic carboxylic acids is 1. The zero-order chi connectivity index (χ0) is 31.9. The number of rotatable bonds is 20. The first-order chi connectivity index (χ1) is 19.1. The number of unbranched alkanes of at least 4 members (excludes halogenated alkanes) is 4. The molecule has 0 saturated carbocycles. The van der Waals surface area contributed by atoms with Crippen molar-refractivity contribution in [2.24, 2.45) is 0 Å². The van der Waals surface area contributed by atoms with Gasteiger partial charge in [-0.15, -0.1) is 0 Å². The van der Waals surface area contributed by atoms with Crippen molar-refractivity contribution in [2.45, 2.75) is 194 Å². The maximum Gasteiger partial charge on any atom is 0.222 e. The molecule has 0 aromatic heterocycles. The number of quaternary nitrogens is 1. The highest BCUT2D eigenvalue weighted by Crippen LogP contribution is 2.03. The summed E-state index contributed by atoms with van der Waals surface area (Å²) in [4.78, 5) is 25.3. The van der Waals surface area contributed by atoms with Crippen LogP contribution in [0.25, 0.3) is 0 Å². The fraction of sp³-hybridized carbons (Fsp3) is 0.953. The van der Waals surface area contributed by atoms with Crippen LogP contribution < -0.4 is 15.7 Å². The van der Waals surface area contributed by atoms with Crippen LogP contribution in [-0.4, -0.2) is 111 Å². The van der Waals surface area contributed by atoms with Crippen molar-refractivity contribution in [3.63, 3.8) is 0 Å². The lowest BCUT2D eigenvalue weighted by Crippen LogP contribution is -2.79. The number of hydrogen-bond donors (Lipinski definition) is 2. The van der Waals surface area contributed by atoms with Gasteiger partial charge >= 0.3 is 0 Å². The number of amides is 1. The highest BCUT2D eigenvalue weighted by Gasteiger charge is 2.06. The van der Waals surface area contributed by atoms with Crippen molar-refractivity contribution in [3.05, 3.63) is 0 Å². The molecule has 0 aromatic carbocycles. The molecule has 0 bridgehead atoms. The van der Waals surface area contributed by atoms with E-state index in [0.717, 1.165) is 58.2 Å². The average Bonchev–Trinajstić information content (AvgIpc) is 2.90. The summed E-state index contributed by atoms with van der Waals surface area (Å²) in [6.45, 7) is 14.6. The smallest absolute Gasteiger partial charge is 0.222 e. The van der Waals surface area contributed by atoms with Gasteiger partial charge in [-0.05, 0) is 92.0 Å². The lowest BCUT2D eigenvalue weighted by molar-refractivity contribution is -0.626. The van der Waals surface area contributed by atoms with Gasteiger partial charge in [0.25, 0.3) is 0 Å². The SMILES string of the molecule is C.C.C.C.C.C.C.C.C.C.C.C.CCCN(C)C.CCCN(C)C(=O)CCCCCOC.CCCNC.CCC[NH2+]C.COCCCCCC(=O)[O-]. The minimum Gasteiger partial charge on any atom is -0.550 e. The third kappa shape index (κ3) is 155. The van der Waals surface area contributed by atoms with Crippen molar-refractivity contribution in [1.29, 1.82) is 0 Å². The van der Waals surface area contributed by atoms with E-state index in [9.17, 15) is 14.7 Å². The largest absolute Gasteiger partial charge is 0.550 e. The molecule has 0 unspecified atom stereocenters. The molecule has 3 N–H and O–H groups in total. The molecule has 0 aliphatic carbocycles. The molecule has 0 aliphatic heterocycles. The molecule has 0 fully saturated rings. The highest BCUT2D eigenvalue weighted by molar-refractivity contribution is 5.75. The number of carbonyl (C=O) groups is 2. The summed E-state index contributed by atoms with van der Waals surface area (Å²) in [5.41, 5.74) is 0. The number of nitrogens with zero attached hydrogens (tertiary/aromatic N) is 2. The average molecular weight is 773 g/mol.